The Morgan fingerprint density at radius 3 is 0.757 bits per heavy atom. The Bertz CT molecular complexity index is 5310. The molecule has 0 aromatic carbocycles. The van der Waals surface area contributed by atoms with Crippen LogP contribution in [-0.2, 0) is 85.1 Å². The van der Waals surface area contributed by atoms with Crippen LogP contribution < -0.4 is 65.8 Å². The molecule has 0 bridgehead atoms. The maximum Gasteiger partial charge on any atom is 0.330 e. The Morgan fingerprint density at radius 2 is 0.537 bits per heavy atom. The van der Waals surface area contributed by atoms with Crippen LogP contribution in [0.15, 0.2) is 64.5 Å². The molecule has 5 aliphatic rings. The summed E-state index contributed by atoms with van der Waals surface area (Å²) in [6.45, 7) is 20.9. The number of Topliss-reactive ketones (excluding diaryl/α,β-unsaturated/α-hetero) is 4. The van der Waals surface area contributed by atoms with Gasteiger partial charge in [0.2, 0.25) is 0 Å². The zero-order valence-corrected chi connectivity index (χ0v) is 86.6. The summed E-state index contributed by atoms with van der Waals surface area (Å²) in [5.74, 6) is -1.29. The third-order valence-electron chi connectivity index (χ3n) is 22.0. The van der Waals surface area contributed by atoms with E-state index >= 15 is 0 Å². The fourth-order valence-electron chi connectivity index (χ4n) is 14.6. The SMILES string of the molecule is C=P(C)(C)CC[C@H]1OC(n2cc(CNCC(=O)O)c(=O)[nH]c2=S)[C@H](O)[C@@H]1O.C=P(C)(C)CC[C@H]1OC(n2cc(CNCC(C)=O)c(=O)[nH]c2=O)[C@H](O)[C@@H]1O.C=P(C)(C)CC[C@H]1OC(n2cc(CNCC(C)=O)c(=O)[nH]c2=O)[C@H](OC)[C@@H]1O.C=P(C)(C)CC[C@H]1OC(n2cc(CNCC(C)=O)c(=O)[nH]c2=S)[C@H](O)[C@@H]1O.C=P(C)(C)CC[C@H]1OC(n2cc(CNCC(C)=O)c(=O)[nH]c2=S)[C@H](O)[C@@H]1O. The molecule has 51 heteroatoms. The molecule has 5 saturated heterocycles. The lowest BCUT2D eigenvalue weighted by atomic mass is 10.1. The number of nitrogens with one attached hydrogen (secondary N) is 10. The molecular formula is C85H140N15O28P5S3. The number of aromatic amines is 5. The predicted molar refractivity (Wildman–Crippen MR) is 540 cm³/mol. The number of hydrogen-bond donors (Lipinski definition) is 20. The number of H-pyrrole nitrogens is 5. The topological polar surface area (TPSA) is 626 Å². The van der Waals surface area contributed by atoms with E-state index < -0.39 is 191 Å². The number of ether oxygens (including phenoxy) is 6. The number of methoxy groups -OCH3 is 1. The van der Waals surface area contributed by atoms with Crippen LogP contribution in [0, 0.1) is 14.3 Å². The van der Waals surface area contributed by atoms with Crippen molar-refractivity contribution in [2.24, 2.45) is 0 Å². The maximum atomic E-state index is 12.4. The van der Waals surface area contributed by atoms with Crippen molar-refractivity contribution in [2.45, 2.75) is 215 Å². The van der Waals surface area contributed by atoms with Crippen LogP contribution in [0.25, 0.3) is 0 Å². The first-order valence-corrected chi connectivity index (χ1v) is 60.2. The number of carboxylic acids is 1. The highest BCUT2D eigenvalue weighted by Gasteiger charge is 2.49. The summed E-state index contributed by atoms with van der Waals surface area (Å²) < 4.78 is 41.5. The third-order valence-corrected chi connectivity index (χ3v) is 30.2. The van der Waals surface area contributed by atoms with E-state index in [0.717, 1.165) is 35.4 Å². The van der Waals surface area contributed by atoms with Gasteiger partial charge in [-0.25, -0.2) is 9.59 Å². The molecule has 5 aromatic heterocycles. The highest BCUT2D eigenvalue weighted by Crippen LogP contribution is 2.45. The molecule has 0 radical (unpaired) electrons. The third kappa shape index (κ3) is 36.8. The molecule has 5 unspecified atom stereocenters. The van der Waals surface area contributed by atoms with Crippen LogP contribution in [0.3, 0.4) is 0 Å². The molecular weight excluding hydrogens is 1930 g/mol. The van der Waals surface area contributed by atoms with E-state index in [2.05, 4.69) is 150 Å². The minimum atomic E-state index is -1.33. The standard InChI is InChI=1S/C18H30N3O6P.C17H28N3O6P.2C17H28N3O5PS.C16H26N3O6PS/c1-11(22)8-19-9-12-10-21(18(25)20-16(12)24)17-15(26-2)14(23)13(27-17)6-7-28(3,4)5;1-10(21)7-18-8-11-9-20(17(25)19-15(11)24)16-14(23)13(22)12(26-16)5-6-27(2,3)4;2*1-10(21)7-18-8-11-9-20(17(27)19-15(11)24)16-14(23)13(22)12(25-16)5-6-26(2,3)4;1-26(2,3)5-4-10-12(22)13(23)15(25-10)19-8-9(6-17-7-11(20)21)14(24)18-16(19)27/h10,13-15,17,19,23H,3,6-9H2,1-2,4-5H3,(H,20,24,25);9,12-14,16,18,22-23H,2,5-8H2,1,3-4H3,(H,19,24,25);2*9,12-14,16,18,22-23H,2,5-8H2,1,3-4H3,(H,19,24,27);8,10,12-13,15,17,22-23H,1,4-7H2,2-3H3,(H,20,21)(H,18,24,27)/t13-,14-,15-,17?;3*12-,13-,14-,16?;10-,12-,13-,15?/m11111/s1. The van der Waals surface area contributed by atoms with E-state index in [1.807, 2.05) is 0 Å². The molecule has 10 heterocycles. The number of carboxylic acid groups (broad SMARTS) is 1. The summed E-state index contributed by atoms with van der Waals surface area (Å²) in [6, 6.07) is 0. The van der Waals surface area contributed by atoms with Gasteiger partial charge in [-0.15, -0.1) is 65.9 Å². The average molecular weight is 2070 g/mol. The molecule has 20 atom stereocenters. The number of ketones is 4. The second-order valence-corrected chi connectivity index (χ2v) is 60.8. The van der Waals surface area contributed by atoms with Crippen molar-refractivity contribution in [1.82, 2.24) is 74.3 Å². The normalized spacial score (nSPS) is 25.6. The van der Waals surface area contributed by atoms with E-state index in [1.54, 1.807) is 0 Å². The molecule has 136 heavy (non-hydrogen) atoms. The lowest BCUT2D eigenvalue weighted by molar-refractivity contribution is -0.136. The summed E-state index contributed by atoms with van der Waals surface area (Å²) in [4.78, 5) is 152. The summed E-state index contributed by atoms with van der Waals surface area (Å²) in [6.07, 6.45) is 16.4. The Morgan fingerprint density at radius 1 is 0.338 bits per heavy atom. The maximum absolute atomic E-state index is 12.4. The van der Waals surface area contributed by atoms with Gasteiger partial charge in [0.05, 0.1) is 63.2 Å². The molecule has 0 spiro atoms. The minimum absolute atomic E-state index is 0.00617. The highest BCUT2D eigenvalue weighted by atomic mass is 32.1. The summed E-state index contributed by atoms with van der Waals surface area (Å²) >= 11 is 15.6. The van der Waals surface area contributed by atoms with E-state index in [-0.39, 0.29) is 131 Å². The van der Waals surface area contributed by atoms with Crippen LogP contribution in [0.4, 0.5) is 0 Å². The van der Waals surface area contributed by atoms with Gasteiger partial charge in [-0.3, -0.25) is 95.7 Å². The fourth-order valence-corrected chi connectivity index (χ4v) is 20.1. The number of rotatable bonds is 41. The molecule has 5 aliphatic heterocycles. The minimum Gasteiger partial charge on any atom is -0.480 e. The Kier molecular flexibility index (Phi) is 45.6. The van der Waals surface area contributed by atoms with Crippen LogP contribution >= 0.6 is 71.1 Å². The van der Waals surface area contributed by atoms with Gasteiger partial charge in [0.15, 0.2) is 45.5 Å². The van der Waals surface area contributed by atoms with Crippen LogP contribution in [-0.4, -0.2) is 388 Å². The first-order valence-electron chi connectivity index (χ1n) is 43.8. The zero-order chi connectivity index (χ0) is 102. The number of carbonyl (C=O) groups excluding carboxylic acids is 4. The molecule has 0 aliphatic carbocycles. The monoisotopic (exact) mass is 2070 g/mol. The van der Waals surface area contributed by atoms with Gasteiger partial charge in [-0.2, -0.15) is 0 Å². The van der Waals surface area contributed by atoms with E-state index in [0.29, 0.717) is 43.2 Å². The van der Waals surface area contributed by atoms with Gasteiger partial charge in [0, 0.05) is 98.6 Å². The van der Waals surface area contributed by atoms with Gasteiger partial charge >= 0.3 is 17.3 Å². The van der Waals surface area contributed by atoms with Crippen molar-refractivity contribution in [3.63, 3.8) is 0 Å². The molecule has 5 fully saturated rings. The fraction of sp³-hybridized carbons (Fsp3) is 0.647. The van der Waals surface area contributed by atoms with Crippen LogP contribution in [0.1, 0.15) is 119 Å². The Hall–Kier alpha value is -6.49. The number of carbonyl (C=O) groups is 5. The lowest BCUT2D eigenvalue weighted by Crippen LogP contribution is -2.40. The Balaban J connectivity index is 0.000000261. The second kappa shape index (κ2) is 52.5. The largest absolute Gasteiger partial charge is 0.480 e. The van der Waals surface area contributed by atoms with Gasteiger partial charge in [0.1, 0.15) is 84.2 Å². The van der Waals surface area contributed by atoms with E-state index in [4.69, 9.17) is 70.2 Å². The van der Waals surface area contributed by atoms with Crippen LogP contribution in [0.2, 0.25) is 0 Å². The number of hydrogen-bond acceptors (Lipinski definition) is 35. The van der Waals surface area contributed by atoms with Crippen molar-refractivity contribution in [1.29, 1.82) is 0 Å². The van der Waals surface area contributed by atoms with Gasteiger partial charge in [-0.1, -0.05) is 0 Å². The van der Waals surface area contributed by atoms with Crippen molar-refractivity contribution in [3.05, 3.63) is 146 Å². The average Bonchev–Trinajstić information content (AvgIpc) is 1.63. The van der Waals surface area contributed by atoms with E-state index in [1.165, 1.54) is 84.1 Å². The molecule has 20 N–H and O–H groups in total. The molecule has 766 valence electrons. The van der Waals surface area contributed by atoms with Crippen LogP contribution in [0.5, 0.6) is 0 Å². The van der Waals surface area contributed by atoms with Gasteiger partial charge in [0.25, 0.3) is 27.8 Å². The lowest BCUT2D eigenvalue weighted by Gasteiger charge is -2.21. The Labute approximate surface area is 803 Å². The molecule has 43 nitrogen and oxygen atoms in total. The van der Waals surface area contributed by atoms with Gasteiger partial charge in [-0.05, 0) is 194 Å². The first kappa shape index (κ1) is 118. The number of aliphatic hydroxyl groups excluding tert-OH is 9. The summed E-state index contributed by atoms with van der Waals surface area (Å²) in [5, 5.41) is 116. The quantitative estimate of drug-likeness (QED) is 0.0164. The molecule has 5 aromatic rings. The summed E-state index contributed by atoms with van der Waals surface area (Å²) in [5.41, 5.74) is -2.28. The van der Waals surface area contributed by atoms with Crippen molar-refractivity contribution < 1.29 is 103 Å². The predicted octanol–water partition coefficient (Wildman–Crippen LogP) is -1.07. The smallest absolute Gasteiger partial charge is 0.330 e. The van der Waals surface area contributed by atoms with Crippen molar-refractivity contribution in [3.8, 4) is 0 Å². The number of nitrogens with zero attached hydrogens (tertiary/aromatic N) is 5. The molecule has 0 saturated carbocycles. The highest BCUT2D eigenvalue weighted by molar-refractivity contribution is 7.73. The number of aliphatic carboxylic acids is 1. The first-order chi connectivity index (χ1) is 63.0. The van der Waals surface area contributed by atoms with Crippen molar-refractivity contribution in [2.75, 3.05) is 137 Å². The van der Waals surface area contributed by atoms with Crippen molar-refractivity contribution >= 4 is 132 Å². The zero-order valence-electron chi connectivity index (χ0n) is 79.6. The number of aliphatic hydroxyl groups is 9. The number of aromatic nitrogens is 10. The van der Waals surface area contributed by atoms with Gasteiger partial charge < -0.3 is 106 Å². The summed E-state index contributed by atoms with van der Waals surface area (Å²) in [7, 11) is 1.44. The molecule has 10 rings (SSSR count). The molecule has 0 amide bonds. The second-order valence-electron chi connectivity index (χ2n) is 38.0. The van der Waals surface area contributed by atoms with E-state index in [9.17, 15) is 103 Å².